The molecule has 0 rings (SSSR count). The zero-order valence-corrected chi connectivity index (χ0v) is 9.00. The Kier molecular flexibility index (Phi) is 22.4. The van der Waals surface area contributed by atoms with E-state index in [9.17, 15) is 4.79 Å². The fourth-order valence-corrected chi connectivity index (χ4v) is 0. The largest absolute Gasteiger partial charge is 1.00 e. The van der Waals surface area contributed by atoms with Gasteiger partial charge in [-0.25, -0.2) is 5.84 Å². The zero-order valence-electron chi connectivity index (χ0n) is 3.10. The van der Waals surface area contributed by atoms with Crippen molar-refractivity contribution in [3.63, 3.8) is 0 Å². The van der Waals surface area contributed by atoms with E-state index in [4.69, 9.17) is 0 Å². The van der Waals surface area contributed by atoms with Gasteiger partial charge < -0.3 is 22.8 Å². The molecular weight excluding hydrogens is 469 g/mol. The molecule has 0 atom stereocenters. The maximum atomic E-state index is 9.39. The van der Waals surface area contributed by atoms with Gasteiger partial charge in [0.15, 0.2) is 0 Å². The van der Waals surface area contributed by atoms with Crippen molar-refractivity contribution in [2.24, 2.45) is 5.84 Å². The molecule has 0 bridgehead atoms. The summed E-state index contributed by atoms with van der Waals surface area (Å²) in [6.07, 6.45) is 0. The second-order valence-electron chi connectivity index (χ2n) is 0.432. The standard InChI is InChI=1S/CH4N2OS.2Os/c2-3-1(4)5;;/h2H2,(H2,3,4,5);;/q;;+1/p-1. The predicted molar refractivity (Wildman–Crippen MR) is 20.1 cm³/mol. The van der Waals surface area contributed by atoms with Crippen LogP contribution < -0.4 is 11.3 Å². The number of hydrazine groups is 1. The quantitative estimate of drug-likeness (QED) is 0.209. The van der Waals surface area contributed by atoms with Crippen LogP contribution in [0.3, 0.4) is 0 Å². The SMILES string of the molecule is NNC(=O)[S-].[Os+].[Os]. The summed E-state index contributed by atoms with van der Waals surface area (Å²) in [4.78, 5) is 9.39. The summed E-state index contributed by atoms with van der Waals surface area (Å²) in [5, 5.41) is -0.634. The number of carbonyl (C=O) groups is 1. The molecule has 0 spiro atoms. The Morgan fingerprint density at radius 1 is 1.71 bits per heavy atom. The first-order chi connectivity index (χ1) is 2.27. The van der Waals surface area contributed by atoms with Crippen molar-refractivity contribution in [2.75, 3.05) is 0 Å². The van der Waals surface area contributed by atoms with Crippen LogP contribution in [-0.4, -0.2) is 5.24 Å². The summed E-state index contributed by atoms with van der Waals surface area (Å²) in [7, 11) is 0. The van der Waals surface area contributed by atoms with Crippen LogP contribution in [0.2, 0.25) is 0 Å². The number of carbonyl (C=O) groups excluding carboxylic acids is 1. The fraction of sp³-hybridized carbons (Fsp3) is 0. The Bertz CT molecular complexity index is 51.0. The Morgan fingerprint density at radius 3 is 1.86 bits per heavy atom. The van der Waals surface area contributed by atoms with Gasteiger partial charge in [0.2, 0.25) is 0 Å². The van der Waals surface area contributed by atoms with E-state index in [1.165, 1.54) is 0 Å². The van der Waals surface area contributed by atoms with Crippen LogP contribution in [0.15, 0.2) is 0 Å². The van der Waals surface area contributed by atoms with Gasteiger partial charge in [-0.1, -0.05) is 0 Å². The second-order valence-corrected chi connectivity index (χ2v) is 0.803. The van der Waals surface area contributed by atoms with Crippen molar-refractivity contribution in [1.29, 1.82) is 0 Å². The fourth-order valence-electron chi connectivity index (χ4n) is 0. The average Bonchev–Trinajstić information content (AvgIpc) is 1.38. The van der Waals surface area contributed by atoms with E-state index in [0.29, 0.717) is 0 Å². The van der Waals surface area contributed by atoms with Crippen molar-refractivity contribution in [3.05, 3.63) is 0 Å². The molecule has 0 aliphatic carbocycles. The minimum Gasteiger partial charge on any atom is -0.718 e. The molecule has 7 heavy (non-hydrogen) atoms. The van der Waals surface area contributed by atoms with E-state index in [2.05, 4.69) is 18.5 Å². The zero-order chi connectivity index (χ0) is 4.28. The van der Waals surface area contributed by atoms with Crippen molar-refractivity contribution < 1.29 is 44.4 Å². The molecule has 0 fully saturated rings. The molecule has 45 valence electrons. The van der Waals surface area contributed by atoms with Crippen molar-refractivity contribution in [2.45, 2.75) is 0 Å². The van der Waals surface area contributed by atoms with Gasteiger partial charge in [0, 0.05) is 19.8 Å². The first-order valence-electron chi connectivity index (χ1n) is 0.947. The van der Waals surface area contributed by atoms with Gasteiger partial charge in [-0.05, 0) is 0 Å². The molecule has 0 heterocycles. The van der Waals surface area contributed by atoms with Crippen molar-refractivity contribution >= 4 is 17.9 Å². The molecule has 0 aromatic rings. The molecule has 0 saturated carbocycles. The number of nitrogens with two attached hydrogens (primary N) is 1. The molecule has 0 aromatic carbocycles. The van der Waals surface area contributed by atoms with Gasteiger partial charge >= 0.3 is 19.8 Å². The molecule has 1 radical (unpaired) electrons. The second kappa shape index (κ2) is 10.0. The predicted octanol–water partition coefficient (Wildman–Crippen LogP) is -0.888. The summed E-state index contributed by atoms with van der Waals surface area (Å²) >= 11 is 3.91. The van der Waals surface area contributed by atoms with Gasteiger partial charge in [-0.15, -0.1) is 0 Å². The maximum absolute atomic E-state index is 9.39. The topological polar surface area (TPSA) is 55.1 Å². The molecule has 0 aliphatic heterocycles. The summed E-state index contributed by atoms with van der Waals surface area (Å²) < 4.78 is 0. The van der Waals surface area contributed by atoms with Crippen LogP contribution in [0, 0.1) is 0 Å². The number of rotatable bonds is 0. The maximum Gasteiger partial charge on any atom is 1.00 e. The summed E-state index contributed by atoms with van der Waals surface area (Å²) in [6.45, 7) is 0. The van der Waals surface area contributed by atoms with Gasteiger partial charge in [0.1, 0.15) is 5.24 Å². The van der Waals surface area contributed by atoms with Crippen LogP contribution in [0.5, 0.6) is 0 Å². The van der Waals surface area contributed by atoms with Crippen LogP contribution >= 0.6 is 0 Å². The smallest absolute Gasteiger partial charge is 0.718 e. The molecule has 1 amide bonds. The van der Waals surface area contributed by atoms with Gasteiger partial charge in [0.25, 0.3) is 0 Å². The van der Waals surface area contributed by atoms with Gasteiger partial charge in [-0.2, -0.15) is 0 Å². The van der Waals surface area contributed by atoms with E-state index in [1.807, 2.05) is 0 Å². The van der Waals surface area contributed by atoms with Crippen LogP contribution in [0.25, 0.3) is 0 Å². The monoisotopic (exact) mass is 475 g/mol. The van der Waals surface area contributed by atoms with Crippen LogP contribution in [0.4, 0.5) is 4.79 Å². The van der Waals surface area contributed by atoms with E-state index >= 15 is 0 Å². The van der Waals surface area contributed by atoms with E-state index in [0.717, 1.165) is 0 Å². The molecule has 3 nitrogen and oxygen atoms in total. The third kappa shape index (κ3) is 19.6. The van der Waals surface area contributed by atoms with E-state index < -0.39 is 5.24 Å². The van der Waals surface area contributed by atoms with E-state index in [-0.39, 0.29) is 39.6 Å². The molecule has 0 saturated heterocycles. The number of amides is 1. The number of hydrogen-bond donors (Lipinski definition) is 2. The molecule has 0 aliphatic rings. The first kappa shape index (κ1) is 15.7. The van der Waals surface area contributed by atoms with Crippen molar-refractivity contribution in [3.8, 4) is 0 Å². The Labute approximate surface area is 73.3 Å². The van der Waals surface area contributed by atoms with E-state index in [1.54, 1.807) is 5.43 Å². The van der Waals surface area contributed by atoms with Gasteiger partial charge in [0.05, 0.1) is 0 Å². The Hall–Kier alpha value is 0.923. The van der Waals surface area contributed by atoms with Crippen LogP contribution in [-0.2, 0) is 52.2 Å². The number of nitrogens with one attached hydrogen (secondary N) is 1. The first-order valence-corrected chi connectivity index (χ1v) is 1.36. The normalized spacial score (nSPS) is 4.71. The third-order valence-electron chi connectivity index (χ3n) is 0.118. The third-order valence-corrected chi connectivity index (χ3v) is 0.236. The Balaban J connectivity index is -0.0000000800. The van der Waals surface area contributed by atoms with Crippen LogP contribution in [0.1, 0.15) is 0 Å². The molecular formula is CH3N2OOs2S. The molecule has 0 aromatic heterocycles. The minimum absolute atomic E-state index is 0. The minimum atomic E-state index is -0.634. The summed E-state index contributed by atoms with van der Waals surface area (Å²) in [5.74, 6) is 4.47. The Morgan fingerprint density at radius 2 is 1.86 bits per heavy atom. The van der Waals surface area contributed by atoms with Crippen molar-refractivity contribution in [1.82, 2.24) is 5.43 Å². The molecule has 3 N–H and O–H groups in total. The summed E-state index contributed by atoms with van der Waals surface area (Å²) in [6, 6.07) is 0. The number of hydrogen-bond acceptors (Lipinski definition) is 3. The molecule has 6 heteroatoms. The van der Waals surface area contributed by atoms with Gasteiger partial charge in [-0.3, -0.25) is 0 Å². The summed E-state index contributed by atoms with van der Waals surface area (Å²) in [5.41, 5.74) is 1.70. The average molecular weight is 472 g/mol. The molecule has 0 unspecified atom stereocenters.